The van der Waals surface area contributed by atoms with Crippen molar-refractivity contribution in [2.45, 2.75) is 51.5 Å². The summed E-state index contributed by atoms with van der Waals surface area (Å²) in [4.78, 5) is 15.3. The first-order valence-corrected chi connectivity index (χ1v) is 7.48. The minimum Gasteiger partial charge on any atom is -0.354 e. The summed E-state index contributed by atoms with van der Waals surface area (Å²) in [5, 5.41) is 6.74. The first kappa shape index (κ1) is 14.8. The molecule has 1 aromatic heterocycles. The second kappa shape index (κ2) is 6.24. The zero-order valence-electron chi connectivity index (χ0n) is 13.0. The molecular weight excluding hydrogens is 252 g/mol. The number of anilines is 3. The lowest BCUT2D eigenvalue weighted by Crippen LogP contribution is -2.32. The van der Waals surface area contributed by atoms with Gasteiger partial charge < -0.3 is 15.5 Å². The number of hydrogen-bond acceptors (Lipinski definition) is 6. The molecule has 0 amide bonds. The highest BCUT2D eigenvalue weighted by atomic mass is 15.3. The molecule has 1 aromatic rings. The fraction of sp³-hybridized carbons (Fsp3) is 0.786. The van der Waals surface area contributed by atoms with Crippen LogP contribution in [-0.4, -0.2) is 41.1 Å². The van der Waals surface area contributed by atoms with Gasteiger partial charge in [-0.3, -0.25) is 0 Å². The third-order valence-corrected chi connectivity index (χ3v) is 3.68. The molecule has 0 atom stereocenters. The summed E-state index contributed by atoms with van der Waals surface area (Å²) in [6.45, 7) is 5.24. The van der Waals surface area contributed by atoms with Crippen molar-refractivity contribution in [3.63, 3.8) is 0 Å². The summed E-state index contributed by atoms with van der Waals surface area (Å²) in [7, 11) is 3.89. The van der Waals surface area contributed by atoms with Crippen LogP contribution in [0.5, 0.6) is 0 Å². The third kappa shape index (κ3) is 3.71. The maximum Gasteiger partial charge on any atom is 0.231 e. The van der Waals surface area contributed by atoms with Gasteiger partial charge in [0.15, 0.2) is 0 Å². The minimum atomic E-state index is 0.118. The minimum absolute atomic E-state index is 0.118. The smallest absolute Gasteiger partial charge is 0.231 e. The molecule has 20 heavy (non-hydrogen) atoms. The first-order valence-electron chi connectivity index (χ1n) is 7.48. The van der Waals surface area contributed by atoms with E-state index in [4.69, 9.17) is 0 Å². The van der Waals surface area contributed by atoms with Gasteiger partial charge in [-0.2, -0.15) is 15.0 Å². The van der Waals surface area contributed by atoms with Crippen molar-refractivity contribution >= 4 is 17.8 Å². The Bertz CT molecular complexity index is 439. The van der Waals surface area contributed by atoms with E-state index in [1.165, 1.54) is 25.7 Å². The molecular formula is C14H26N6. The Morgan fingerprint density at radius 3 is 2.35 bits per heavy atom. The highest BCUT2D eigenvalue weighted by molar-refractivity contribution is 5.44. The summed E-state index contributed by atoms with van der Waals surface area (Å²) in [6, 6.07) is 0. The van der Waals surface area contributed by atoms with Crippen molar-refractivity contribution in [1.82, 2.24) is 15.0 Å². The average molecular weight is 278 g/mol. The summed E-state index contributed by atoms with van der Waals surface area (Å²) in [5.41, 5.74) is 0.118. The number of aromatic nitrogens is 3. The van der Waals surface area contributed by atoms with Gasteiger partial charge in [-0.15, -0.1) is 0 Å². The Morgan fingerprint density at radius 2 is 1.75 bits per heavy atom. The maximum absolute atomic E-state index is 4.50. The molecule has 2 N–H and O–H groups in total. The van der Waals surface area contributed by atoms with Crippen LogP contribution < -0.4 is 15.5 Å². The topological polar surface area (TPSA) is 66.0 Å². The van der Waals surface area contributed by atoms with Gasteiger partial charge in [0, 0.05) is 26.2 Å². The molecule has 0 unspecified atom stereocenters. The van der Waals surface area contributed by atoms with Crippen LogP contribution in [0.4, 0.5) is 17.8 Å². The van der Waals surface area contributed by atoms with E-state index in [2.05, 4.69) is 39.4 Å². The van der Waals surface area contributed by atoms with Crippen molar-refractivity contribution in [1.29, 1.82) is 0 Å². The summed E-state index contributed by atoms with van der Waals surface area (Å²) in [6.07, 6.45) is 5.94. The van der Waals surface area contributed by atoms with Crippen molar-refractivity contribution in [3.8, 4) is 0 Å². The van der Waals surface area contributed by atoms with Gasteiger partial charge >= 0.3 is 0 Å². The van der Waals surface area contributed by atoms with E-state index in [0.29, 0.717) is 17.8 Å². The lowest BCUT2D eigenvalue weighted by atomic mass is 10.0. The normalized spacial score (nSPS) is 17.0. The zero-order chi connectivity index (χ0) is 14.6. The van der Waals surface area contributed by atoms with E-state index < -0.39 is 0 Å². The van der Waals surface area contributed by atoms with Crippen molar-refractivity contribution < 1.29 is 0 Å². The highest BCUT2D eigenvalue weighted by Gasteiger charge is 2.29. The predicted molar refractivity (Wildman–Crippen MR) is 83.4 cm³/mol. The number of nitrogens with one attached hydrogen (secondary N) is 2. The van der Waals surface area contributed by atoms with Crippen LogP contribution in [0.3, 0.4) is 0 Å². The molecule has 1 heterocycles. The Hall–Kier alpha value is -1.59. The Morgan fingerprint density at radius 1 is 1.10 bits per heavy atom. The van der Waals surface area contributed by atoms with Crippen molar-refractivity contribution in [3.05, 3.63) is 0 Å². The first-order chi connectivity index (χ1) is 9.52. The fourth-order valence-corrected chi connectivity index (χ4v) is 2.49. The lowest BCUT2D eigenvalue weighted by Gasteiger charge is -2.26. The summed E-state index contributed by atoms with van der Waals surface area (Å²) < 4.78 is 0. The molecule has 0 spiro atoms. The van der Waals surface area contributed by atoms with Crippen LogP contribution in [0.15, 0.2) is 0 Å². The van der Waals surface area contributed by atoms with Crippen molar-refractivity contribution in [2.24, 2.45) is 0 Å². The number of rotatable bonds is 6. The molecule has 1 aliphatic rings. The Labute approximate surface area is 121 Å². The maximum atomic E-state index is 4.50. The van der Waals surface area contributed by atoms with Crippen LogP contribution >= 0.6 is 0 Å². The zero-order valence-corrected chi connectivity index (χ0v) is 13.0. The van der Waals surface area contributed by atoms with Crippen LogP contribution in [-0.2, 0) is 0 Å². The predicted octanol–water partition coefficient (Wildman–Crippen LogP) is 2.50. The van der Waals surface area contributed by atoms with Gasteiger partial charge in [-0.25, -0.2) is 0 Å². The molecule has 2 rings (SSSR count). The third-order valence-electron chi connectivity index (χ3n) is 3.68. The summed E-state index contributed by atoms with van der Waals surface area (Å²) >= 11 is 0. The van der Waals surface area contributed by atoms with E-state index in [0.717, 1.165) is 13.0 Å². The Kier molecular flexibility index (Phi) is 4.62. The van der Waals surface area contributed by atoms with Gasteiger partial charge in [0.1, 0.15) is 0 Å². The SMILES string of the molecule is CCCNc1nc(NC2(C)CCCC2)nc(N(C)C)n1. The van der Waals surface area contributed by atoms with Gasteiger partial charge in [-0.05, 0) is 26.2 Å². The monoisotopic (exact) mass is 278 g/mol. The summed E-state index contributed by atoms with van der Waals surface area (Å²) in [5.74, 6) is 2.00. The van der Waals surface area contributed by atoms with Crippen LogP contribution in [0.25, 0.3) is 0 Å². The van der Waals surface area contributed by atoms with E-state index in [1.54, 1.807) is 0 Å². The van der Waals surface area contributed by atoms with E-state index in [9.17, 15) is 0 Å². The number of hydrogen-bond donors (Lipinski definition) is 2. The lowest BCUT2D eigenvalue weighted by molar-refractivity contribution is 0.528. The van der Waals surface area contributed by atoms with E-state index in [1.807, 2.05) is 19.0 Å². The highest BCUT2D eigenvalue weighted by Crippen LogP contribution is 2.32. The van der Waals surface area contributed by atoms with Crippen LogP contribution in [0, 0.1) is 0 Å². The molecule has 1 saturated carbocycles. The molecule has 0 bridgehead atoms. The molecule has 6 nitrogen and oxygen atoms in total. The van der Waals surface area contributed by atoms with Gasteiger partial charge in [0.25, 0.3) is 0 Å². The average Bonchev–Trinajstić information content (AvgIpc) is 2.82. The molecule has 1 aliphatic carbocycles. The van der Waals surface area contributed by atoms with Gasteiger partial charge in [-0.1, -0.05) is 19.8 Å². The molecule has 0 saturated heterocycles. The molecule has 6 heteroatoms. The largest absolute Gasteiger partial charge is 0.354 e. The van der Waals surface area contributed by atoms with Crippen LogP contribution in [0.2, 0.25) is 0 Å². The molecule has 0 aliphatic heterocycles. The molecule has 1 fully saturated rings. The standard InChI is InChI=1S/C14H26N6/c1-5-10-15-11-16-12(18-13(17-11)20(3)4)19-14(2)8-6-7-9-14/h5-10H2,1-4H3,(H2,15,16,17,18,19). The number of nitrogens with zero attached hydrogens (tertiary/aromatic N) is 4. The van der Waals surface area contributed by atoms with Gasteiger partial charge in [0.2, 0.25) is 17.8 Å². The fourth-order valence-electron chi connectivity index (χ4n) is 2.49. The molecule has 0 radical (unpaired) electrons. The van der Waals surface area contributed by atoms with E-state index in [-0.39, 0.29) is 5.54 Å². The van der Waals surface area contributed by atoms with E-state index >= 15 is 0 Å². The second-order valence-corrected chi connectivity index (χ2v) is 6.00. The van der Waals surface area contributed by atoms with Gasteiger partial charge in [0.05, 0.1) is 0 Å². The quantitative estimate of drug-likeness (QED) is 0.833. The van der Waals surface area contributed by atoms with Crippen LogP contribution in [0.1, 0.15) is 46.0 Å². The van der Waals surface area contributed by atoms with Crippen molar-refractivity contribution in [2.75, 3.05) is 36.2 Å². The molecule has 112 valence electrons. The second-order valence-electron chi connectivity index (χ2n) is 6.00. The Balaban J connectivity index is 2.19. The molecule has 0 aromatic carbocycles.